The van der Waals surface area contributed by atoms with Crippen molar-refractivity contribution >= 4 is 17.7 Å². The summed E-state index contributed by atoms with van der Waals surface area (Å²) >= 11 is 1.55. The van der Waals surface area contributed by atoms with Crippen LogP contribution < -0.4 is 10.1 Å². The number of amides is 1. The van der Waals surface area contributed by atoms with Gasteiger partial charge in [-0.15, -0.1) is 0 Å². The fraction of sp³-hybridized carbons (Fsp3) is 0.125. The summed E-state index contributed by atoms with van der Waals surface area (Å²) in [5.41, 5.74) is 1.41. The molecular weight excluding hydrogens is 408 g/mol. The maximum Gasteiger partial charge on any atom is 0.252 e. The van der Waals surface area contributed by atoms with Gasteiger partial charge in [-0.25, -0.2) is 9.97 Å². The van der Waals surface area contributed by atoms with Crippen molar-refractivity contribution in [1.82, 2.24) is 19.9 Å². The van der Waals surface area contributed by atoms with Crippen LogP contribution in [0.5, 0.6) is 5.75 Å². The van der Waals surface area contributed by atoms with Crippen LogP contribution in [0.2, 0.25) is 0 Å². The molecule has 0 fully saturated rings. The zero-order valence-corrected chi connectivity index (χ0v) is 18.0. The summed E-state index contributed by atoms with van der Waals surface area (Å²) in [5.74, 6) is 1.23. The van der Waals surface area contributed by atoms with E-state index in [-0.39, 0.29) is 5.91 Å². The van der Waals surface area contributed by atoms with Gasteiger partial charge < -0.3 is 14.6 Å². The summed E-state index contributed by atoms with van der Waals surface area (Å²) in [6.07, 6.45) is 5.33. The highest BCUT2D eigenvalue weighted by atomic mass is 32.2. The van der Waals surface area contributed by atoms with E-state index in [2.05, 4.69) is 15.3 Å². The second kappa shape index (κ2) is 9.49. The number of carbonyl (C=O) groups is 1. The van der Waals surface area contributed by atoms with Gasteiger partial charge in [-0.3, -0.25) is 4.79 Å². The number of pyridine rings is 1. The molecule has 4 aromatic rings. The molecule has 6 nitrogen and oxygen atoms in total. The number of ether oxygens (including phenoxy) is 1. The lowest BCUT2D eigenvalue weighted by Gasteiger charge is -2.21. The van der Waals surface area contributed by atoms with Crippen LogP contribution in [0.15, 0.2) is 95.2 Å². The molecule has 0 saturated carbocycles. The molecule has 0 aliphatic rings. The largest absolute Gasteiger partial charge is 0.496 e. The number of para-hydroxylation sites is 1. The Hall–Kier alpha value is -3.58. The number of hydrogen-bond acceptors (Lipinski definition) is 5. The third-order valence-corrected chi connectivity index (χ3v) is 5.78. The molecule has 0 unspecified atom stereocenters. The second-order valence-electron chi connectivity index (χ2n) is 6.84. The molecule has 2 aromatic heterocycles. The molecule has 4 rings (SSSR count). The molecular formula is C24H22N4O2S. The average molecular weight is 431 g/mol. The minimum atomic E-state index is -0.453. The van der Waals surface area contributed by atoms with Crippen LogP contribution in [-0.4, -0.2) is 27.6 Å². The minimum absolute atomic E-state index is 0.187. The summed E-state index contributed by atoms with van der Waals surface area (Å²) in [6.45, 7) is 0. The van der Waals surface area contributed by atoms with Crippen LogP contribution in [0.1, 0.15) is 27.8 Å². The molecule has 1 amide bonds. The molecule has 0 radical (unpaired) electrons. The van der Waals surface area contributed by atoms with Crippen LogP contribution in [0.4, 0.5) is 0 Å². The second-order valence-corrected chi connectivity index (χ2v) is 7.93. The first kappa shape index (κ1) is 20.7. The Kier molecular flexibility index (Phi) is 6.33. The smallest absolute Gasteiger partial charge is 0.252 e. The lowest BCUT2D eigenvalue weighted by Crippen LogP contribution is -2.31. The third kappa shape index (κ3) is 4.78. The first-order valence-corrected chi connectivity index (χ1v) is 10.6. The average Bonchev–Trinajstić information content (AvgIpc) is 3.24. The molecule has 31 heavy (non-hydrogen) atoms. The molecule has 7 heteroatoms. The predicted molar refractivity (Wildman–Crippen MR) is 120 cm³/mol. The van der Waals surface area contributed by atoms with Crippen molar-refractivity contribution in [3.8, 4) is 5.75 Å². The highest BCUT2D eigenvalue weighted by Gasteiger charge is 2.24. The molecule has 0 aliphatic carbocycles. The van der Waals surface area contributed by atoms with E-state index in [1.54, 1.807) is 31.3 Å². The normalized spacial score (nSPS) is 11.7. The van der Waals surface area contributed by atoms with Crippen LogP contribution in [-0.2, 0) is 7.05 Å². The third-order valence-electron chi connectivity index (χ3n) is 4.82. The monoisotopic (exact) mass is 430 g/mol. The topological polar surface area (TPSA) is 69.0 Å². The lowest BCUT2D eigenvalue weighted by atomic mass is 10.0. The number of hydrogen-bond donors (Lipinski definition) is 1. The van der Waals surface area contributed by atoms with Gasteiger partial charge in [0, 0.05) is 41.7 Å². The molecule has 156 valence electrons. The van der Waals surface area contributed by atoms with Gasteiger partial charge in [-0.1, -0.05) is 36.0 Å². The molecule has 0 spiro atoms. The molecule has 0 saturated heterocycles. The van der Waals surface area contributed by atoms with E-state index >= 15 is 0 Å². The van der Waals surface area contributed by atoms with E-state index in [1.165, 1.54) is 0 Å². The SMILES string of the molecule is COc1ccccc1[C@H](NC(=O)c1ccc(Sc2ccccn2)cc1)c1nccn1C. The van der Waals surface area contributed by atoms with Crippen LogP contribution in [0, 0.1) is 0 Å². The van der Waals surface area contributed by atoms with Crippen molar-refractivity contribution < 1.29 is 9.53 Å². The van der Waals surface area contributed by atoms with Gasteiger partial charge in [-0.05, 0) is 42.5 Å². The molecule has 1 atom stereocenters. The number of nitrogens with zero attached hydrogens (tertiary/aromatic N) is 3. The van der Waals surface area contributed by atoms with Crippen molar-refractivity contribution in [2.45, 2.75) is 16.0 Å². The van der Waals surface area contributed by atoms with Gasteiger partial charge >= 0.3 is 0 Å². The zero-order valence-electron chi connectivity index (χ0n) is 17.2. The number of methoxy groups -OCH3 is 1. The number of carbonyl (C=O) groups excluding carboxylic acids is 1. The van der Waals surface area contributed by atoms with Crippen molar-refractivity contribution in [3.63, 3.8) is 0 Å². The lowest BCUT2D eigenvalue weighted by molar-refractivity contribution is 0.0940. The molecule has 0 bridgehead atoms. The van der Waals surface area contributed by atoms with Crippen LogP contribution >= 0.6 is 11.8 Å². The molecule has 1 N–H and O–H groups in total. The van der Waals surface area contributed by atoms with Gasteiger partial charge in [-0.2, -0.15) is 0 Å². The Bertz CT molecular complexity index is 1160. The molecule has 2 heterocycles. The molecule has 2 aromatic carbocycles. The Morgan fingerprint density at radius 1 is 1.00 bits per heavy atom. The number of aryl methyl sites for hydroxylation is 1. The summed E-state index contributed by atoms with van der Waals surface area (Å²) in [7, 11) is 3.52. The summed E-state index contributed by atoms with van der Waals surface area (Å²) in [4.78, 5) is 22.9. The maximum atomic E-state index is 13.1. The van der Waals surface area contributed by atoms with Gasteiger partial charge in [0.1, 0.15) is 22.6 Å². The van der Waals surface area contributed by atoms with Gasteiger partial charge in [0.25, 0.3) is 5.91 Å². The van der Waals surface area contributed by atoms with Crippen LogP contribution in [0.25, 0.3) is 0 Å². The highest BCUT2D eigenvalue weighted by Crippen LogP contribution is 2.30. The summed E-state index contributed by atoms with van der Waals surface area (Å²) in [5, 5.41) is 4.02. The fourth-order valence-electron chi connectivity index (χ4n) is 3.26. The van der Waals surface area contributed by atoms with Gasteiger partial charge in [0.2, 0.25) is 0 Å². The van der Waals surface area contributed by atoms with Crippen molar-refractivity contribution in [2.24, 2.45) is 7.05 Å². The van der Waals surface area contributed by atoms with Crippen molar-refractivity contribution in [3.05, 3.63) is 102 Å². The Labute approximate surface area is 185 Å². The van der Waals surface area contributed by atoms with Gasteiger partial charge in [0.15, 0.2) is 0 Å². The number of imidazole rings is 1. The van der Waals surface area contributed by atoms with E-state index < -0.39 is 6.04 Å². The Balaban J connectivity index is 1.57. The predicted octanol–water partition coefficient (Wildman–Crippen LogP) is 4.49. The number of rotatable bonds is 7. The van der Waals surface area contributed by atoms with E-state index in [9.17, 15) is 4.79 Å². The maximum absolute atomic E-state index is 13.1. The summed E-state index contributed by atoms with van der Waals surface area (Å²) in [6, 6.07) is 20.5. The minimum Gasteiger partial charge on any atom is -0.496 e. The van der Waals surface area contributed by atoms with Crippen molar-refractivity contribution in [1.29, 1.82) is 0 Å². The van der Waals surface area contributed by atoms with Crippen molar-refractivity contribution in [2.75, 3.05) is 7.11 Å². The Morgan fingerprint density at radius 3 is 2.45 bits per heavy atom. The zero-order chi connectivity index (χ0) is 21.6. The number of aromatic nitrogens is 3. The number of benzene rings is 2. The standard InChI is InChI=1S/C24H22N4O2S/c1-28-16-15-26-23(28)22(19-7-3-4-8-20(19)30-2)27-24(29)17-10-12-18(13-11-17)31-21-9-5-6-14-25-21/h3-16,22H,1-2H3,(H,27,29)/t22-/m0/s1. The Morgan fingerprint density at radius 2 is 1.77 bits per heavy atom. The fourth-order valence-corrected chi connectivity index (χ4v) is 4.03. The van der Waals surface area contributed by atoms with E-state index in [0.29, 0.717) is 11.3 Å². The molecule has 0 aliphatic heterocycles. The van der Waals surface area contributed by atoms with E-state index in [4.69, 9.17) is 4.74 Å². The van der Waals surface area contributed by atoms with Crippen LogP contribution in [0.3, 0.4) is 0 Å². The number of nitrogens with one attached hydrogen (secondary N) is 1. The quantitative estimate of drug-likeness (QED) is 0.468. The van der Waals surface area contributed by atoms with E-state index in [0.717, 1.165) is 21.3 Å². The first-order valence-electron chi connectivity index (χ1n) is 9.75. The highest BCUT2D eigenvalue weighted by molar-refractivity contribution is 7.99. The first-order chi connectivity index (χ1) is 15.2. The van der Waals surface area contributed by atoms with E-state index in [1.807, 2.05) is 84.5 Å². The van der Waals surface area contributed by atoms with Gasteiger partial charge in [0.05, 0.1) is 7.11 Å². The summed E-state index contributed by atoms with van der Waals surface area (Å²) < 4.78 is 7.42.